The Labute approximate surface area is 173 Å². The van der Waals surface area contributed by atoms with Gasteiger partial charge in [-0.2, -0.15) is 0 Å². The Morgan fingerprint density at radius 3 is 2.46 bits per heavy atom. The number of benzene rings is 1. The molecule has 0 saturated heterocycles. The molecule has 2 aromatic rings. The van der Waals surface area contributed by atoms with Crippen molar-refractivity contribution in [2.45, 2.75) is 32.6 Å². The van der Waals surface area contributed by atoms with Gasteiger partial charge in [-0.25, -0.2) is 4.79 Å². The van der Waals surface area contributed by atoms with Crippen LogP contribution in [0.15, 0.2) is 23.1 Å². The van der Waals surface area contributed by atoms with E-state index >= 15 is 0 Å². The van der Waals surface area contributed by atoms with Crippen LogP contribution in [-0.2, 0) is 9.53 Å². The lowest BCUT2D eigenvalue weighted by Gasteiger charge is -2.08. The van der Waals surface area contributed by atoms with Gasteiger partial charge in [0.1, 0.15) is 5.00 Å². The molecule has 28 heavy (non-hydrogen) atoms. The van der Waals surface area contributed by atoms with Gasteiger partial charge in [0.2, 0.25) is 5.91 Å². The van der Waals surface area contributed by atoms with E-state index in [-0.39, 0.29) is 29.7 Å². The van der Waals surface area contributed by atoms with Crippen LogP contribution in [0, 0.1) is 20.8 Å². The number of ether oxygens (including phenoxy) is 1. The molecule has 0 spiro atoms. The molecule has 0 unspecified atom stereocenters. The first-order valence-electron chi connectivity index (χ1n) is 8.80. The number of hydrogen-bond acceptors (Lipinski definition) is 6. The molecule has 1 heterocycles. The summed E-state index contributed by atoms with van der Waals surface area (Å²) < 4.78 is 5.09. The topological polar surface area (TPSA) is 84.5 Å². The van der Waals surface area contributed by atoms with Crippen molar-refractivity contribution in [3.63, 3.8) is 0 Å². The summed E-state index contributed by atoms with van der Waals surface area (Å²) in [5.41, 5.74) is 3.10. The molecule has 0 aliphatic heterocycles. The number of nitrogens with one attached hydrogen (secondary N) is 2. The summed E-state index contributed by atoms with van der Waals surface area (Å²) in [5.74, 6) is -0.920. The van der Waals surface area contributed by atoms with E-state index in [1.165, 1.54) is 29.9 Å². The summed E-state index contributed by atoms with van der Waals surface area (Å²) in [4.78, 5) is 38.2. The Kier molecular flexibility index (Phi) is 7.65. The van der Waals surface area contributed by atoms with Gasteiger partial charge in [-0.1, -0.05) is 6.07 Å². The standard InChI is InChI=1S/C20H24N2O4S2/c1-6-26-20(25)16-13(4)17(18(24)21-5)28-19(16)22-15(23)10-27-14-8-7-11(2)12(3)9-14/h7-9H,6,10H2,1-5H3,(H,21,24)(H,22,23). The average molecular weight is 421 g/mol. The van der Waals surface area contributed by atoms with Crippen LogP contribution < -0.4 is 10.6 Å². The quantitative estimate of drug-likeness (QED) is 0.524. The van der Waals surface area contributed by atoms with Crippen molar-refractivity contribution in [1.82, 2.24) is 5.32 Å². The highest BCUT2D eigenvalue weighted by Crippen LogP contribution is 2.34. The fourth-order valence-electron chi connectivity index (χ4n) is 2.50. The van der Waals surface area contributed by atoms with Crippen LogP contribution in [0.25, 0.3) is 0 Å². The molecular formula is C20H24N2O4S2. The van der Waals surface area contributed by atoms with Crippen LogP contribution in [0.4, 0.5) is 5.00 Å². The molecule has 0 fully saturated rings. The van der Waals surface area contributed by atoms with Gasteiger partial charge in [0.25, 0.3) is 5.91 Å². The molecule has 0 saturated carbocycles. The second-order valence-electron chi connectivity index (χ2n) is 6.14. The summed E-state index contributed by atoms with van der Waals surface area (Å²) in [6.07, 6.45) is 0. The fraction of sp³-hybridized carbons (Fsp3) is 0.350. The Morgan fingerprint density at radius 2 is 1.86 bits per heavy atom. The predicted molar refractivity (Wildman–Crippen MR) is 114 cm³/mol. The van der Waals surface area contributed by atoms with Crippen LogP contribution in [0.1, 0.15) is 43.6 Å². The molecule has 0 aliphatic carbocycles. The van der Waals surface area contributed by atoms with E-state index in [1.54, 1.807) is 13.8 Å². The van der Waals surface area contributed by atoms with Gasteiger partial charge >= 0.3 is 5.97 Å². The van der Waals surface area contributed by atoms with E-state index in [0.717, 1.165) is 16.2 Å². The molecule has 2 amide bonds. The van der Waals surface area contributed by atoms with Crippen molar-refractivity contribution in [2.75, 3.05) is 24.7 Å². The second-order valence-corrected chi connectivity index (χ2v) is 8.21. The van der Waals surface area contributed by atoms with E-state index in [4.69, 9.17) is 4.74 Å². The fourth-order valence-corrected chi connectivity index (χ4v) is 4.45. The van der Waals surface area contributed by atoms with Gasteiger partial charge in [0.05, 0.1) is 22.8 Å². The van der Waals surface area contributed by atoms with E-state index in [9.17, 15) is 14.4 Å². The molecule has 2 rings (SSSR count). The molecule has 0 aliphatic rings. The highest BCUT2D eigenvalue weighted by molar-refractivity contribution is 8.00. The minimum Gasteiger partial charge on any atom is -0.462 e. The number of thioether (sulfide) groups is 1. The molecule has 0 radical (unpaired) electrons. The second kappa shape index (κ2) is 9.75. The Morgan fingerprint density at radius 1 is 1.14 bits per heavy atom. The highest BCUT2D eigenvalue weighted by atomic mass is 32.2. The normalized spacial score (nSPS) is 10.5. The van der Waals surface area contributed by atoms with Crippen LogP contribution in [-0.4, -0.2) is 37.2 Å². The van der Waals surface area contributed by atoms with Crippen LogP contribution in [0.3, 0.4) is 0 Å². The van der Waals surface area contributed by atoms with Crippen molar-refractivity contribution in [3.8, 4) is 0 Å². The Balaban J connectivity index is 2.18. The zero-order chi connectivity index (χ0) is 20.8. The maximum absolute atomic E-state index is 12.5. The average Bonchev–Trinajstić information content (AvgIpc) is 2.98. The molecule has 150 valence electrons. The largest absolute Gasteiger partial charge is 0.462 e. The lowest BCUT2D eigenvalue weighted by atomic mass is 10.1. The van der Waals surface area contributed by atoms with Gasteiger partial charge in [-0.15, -0.1) is 23.1 Å². The maximum Gasteiger partial charge on any atom is 0.341 e. The minimum atomic E-state index is -0.552. The summed E-state index contributed by atoms with van der Waals surface area (Å²) in [6.45, 7) is 7.65. The zero-order valence-corrected chi connectivity index (χ0v) is 18.2. The van der Waals surface area contributed by atoms with Gasteiger partial charge in [0, 0.05) is 11.9 Å². The smallest absolute Gasteiger partial charge is 0.341 e. The lowest BCUT2D eigenvalue weighted by molar-refractivity contribution is -0.113. The van der Waals surface area contributed by atoms with Crippen molar-refractivity contribution in [1.29, 1.82) is 0 Å². The van der Waals surface area contributed by atoms with E-state index in [1.807, 2.05) is 32.0 Å². The van der Waals surface area contributed by atoms with Gasteiger partial charge in [-0.05, 0) is 56.5 Å². The Bertz CT molecular complexity index is 906. The first-order chi connectivity index (χ1) is 13.3. The maximum atomic E-state index is 12.5. The van der Waals surface area contributed by atoms with Gasteiger partial charge < -0.3 is 15.4 Å². The van der Waals surface area contributed by atoms with Crippen LogP contribution in [0.2, 0.25) is 0 Å². The van der Waals surface area contributed by atoms with E-state index in [2.05, 4.69) is 10.6 Å². The third-order valence-electron chi connectivity index (χ3n) is 4.16. The predicted octanol–water partition coefficient (Wildman–Crippen LogP) is 3.94. The molecule has 0 bridgehead atoms. The number of hydrogen-bond donors (Lipinski definition) is 2. The summed E-state index contributed by atoms with van der Waals surface area (Å²) >= 11 is 2.49. The first kappa shape index (κ1) is 22.0. The monoisotopic (exact) mass is 420 g/mol. The number of amides is 2. The van der Waals surface area contributed by atoms with Crippen molar-refractivity contribution >= 4 is 45.9 Å². The number of anilines is 1. The molecule has 1 aromatic heterocycles. The summed E-state index contributed by atoms with van der Waals surface area (Å²) in [5, 5.41) is 5.64. The number of thiophene rings is 1. The highest BCUT2D eigenvalue weighted by Gasteiger charge is 2.26. The number of aryl methyl sites for hydroxylation is 2. The number of rotatable bonds is 7. The third-order valence-corrected chi connectivity index (χ3v) is 6.36. The van der Waals surface area contributed by atoms with E-state index in [0.29, 0.717) is 15.4 Å². The van der Waals surface area contributed by atoms with Gasteiger partial charge in [0.15, 0.2) is 0 Å². The molecule has 2 N–H and O–H groups in total. The molecule has 8 heteroatoms. The SMILES string of the molecule is CCOC(=O)c1c(NC(=O)CSc2ccc(C)c(C)c2)sc(C(=O)NC)c1C. The Hall–Kier alpha value is -2.32. The zero-order valence-electron chi connectivity index (χ0n) is 16.6. The van der Waals surface area contributed by atoms with Gasteiger partial charge in [-0.3, -0.25) is 9.59 Å². The van der Waals surface area contributed by atoms with E-state index < -0.39 is 5.97 Å². The molecule has 1 aromatic carbocycles. The molecular weight excluding hydrogens is 396 g/mol. The third kappa shape index (κ3) is 5.14. The summed E-state index contributed by atoms with van der Waals surface area (Å²) in [6, 6.07) is 6.03. The van der Waals surface area contributed by atoms with Crippen molar-refractivity contribution in [2.24, 2.45) is 0 Å². The number of carbonyl (C=O) groups excluding carboxylic acids is 3. The lowest BCUT2D eigenvalue weighted by Crippen LogP contribution is -2.18. The molecule has 0 atom stereocenters. The number of esters is 1. The van der Waals surface area contributed by atoms with Crippen LogP contribution >= 0.6 is 23.1 Å². The van der Waals surface area contributed by atoms with Crippen LogP contribution in [0.5, 0.6) is 0 Å². The summed E-state index contributed by atoms with van der Waals surface area (Å²) in [7, 11) is 1.52. The molecule has 6 nitrogen and oxygen atoms in total. The minimum absolute atomic E-state index is 0.191. The number of carbonyl (C=O) groups is 3. The first-order valence-corrected chi connectivity index (χ1v) is 10.6. The van der Waals surface area contributed by atoms with Crippen molar-refractivity contribution in [3.05, 3.63) is 45.3 Å². The van der Waals surface area contributed by atoms with Crippen molar-refractivity contribution < 1.29 is 19.1 Å².